The van der Waals surface area contributed by atoms with Crippen molar-refractivity contribution in [1.82, 2.24) is 20.0 Å². The van der Waals surface area contributed by atoms with E-state index in [1.54, 1.807) is 26.0 Å². The van der Waals surface area contributed by atoms with Crippen LogP contribution in [0.5, 0.6) is 0 Å². The third kappa shape index (κ3) is 6.07. The fourth-order valence-corrected chi connectivity index (χ4v) is 3.65. The Bertz CT molecular complexity index is 740. The molecule has 2 aliphatic heterocycles. The normalized spacial score (nSPS) is 19.3. The van der Waals surface area contributed by atoms with Gasteiger partial charge in [0.2, 0.25) is 0 Å². The fraction of sp³-hybridized carbons (Fsp3) is 0.571. The molecule has 0 aliphatic carbocycles. The van der Waals surface area contributed by atoms with Crippen LogP contribution in [0, 0.1) is 0 Å². The fourth-order valence-electron chi connectivity index (χ4n) is 3.65. The summed E-state index contributed by atoms with van der Waals surface area (Å²) in [5.41, 5.74) is 1.75. The minimum atomic E-state index is -0.249. The number of aliphatic imine (C=N–C) groups is 1. The van der Waals surface area contributed by atoms with Gasteiger partial charge in [0.25, 0.3) is 11.8 Å². The van der Waals surface area contributed by atoms with Crippen LogP contribution >= 0.6 is 24.0 Å². The van der Waals surface area contributed by atoms with Crippen LogP contribution in [0.1, 0.15) is 28.8 Å². The Hall–Kier alpha value is -1.88. The second-order valence-corrected chi connectivity index (χ2v) is 7.61. The maximum Gasteiger partial charge on any atom is 0.253 e. The lowest BCUT2D eigenvalue weighted by Gasteiger charge is -2.37. The molecule has 8 nitrogen and oxygen atoms in total. The van der Waals surface area contributed by atoms with Crippen molar-refractivity contribution in [3.05, 3.63) is 35.4 Å². The number of guanidine groups is 1. The first-order chi connectivity index (χ1) is 14.0. The maximum atomic E-state index is 12.5. The predicted octanol–water partition coefficient (Wildman–Crippen LogP) is 1.40. The minimum Gasteiger partial charge on any atom is -0.368 e. The molecule has 166 valence electrons. The number of amides is 2. The van der Waals surface area contributed by atoms with Gasteiger partial charge in [0.15, 0.2) is 5.96 Å². The van der Waals surface area contributed by atoms with Crippen LogP contribution in [0.15, 0.2) is 29.3 Å². The van der Waals surface area contributed by atoms with Gasteiger partial charge >= 0.3 is 0 Å². The summed E-state index contributed by atoms with van der Waals surface area (Å²) >= 11 is 0. The zero-order valence-electron chi connectivity index (χ0n) is 18.0. The molecule has 0 bridgehead atoms. The number of carbonyl (C=O) groups is 2. The zero-order chi connectivity index (χ0) is 20.8. The third-order valence-electron chi connectivity index (χ3n) is 5.37. The highest BCUT2D eigenvalue weighted by Gasteiger charge is 2.30. The van der Waals surface area contributed by atoms with Crippen molar-refractivity contribution in [3.8, 4) is 0 Å². The van der Waals surface area contributed by atoms with E-state index in [1.807, 2.05) is 29.2 Å². The van der Waals surface area contributed by atoms with E-state index < -0.39 is 0 Å². The first-order valence-corrected chi connectivity index (χ1v) is 10.2. The molecule has 2 heterocycles. The standard InChI is InChI=1S/C21H31N5O3.HI/c1-22-21(23-15-16-6-8-17(9-7-16)19(27)24(2)3)26-12-10-25(11-13-26)20(28)18-5-4-14-29-18;/h6-9,18H,4-5,10-15H2,1-3H3,(H,22,23);1H. The molecule has 1 aromatic carbocycles. The minimum absolute atomic E-state index is 0. The molecular formula is C21H32IN5O3. The van der Waals surface area contributed by atoms with Crippen molar-refractivity contribution >= 4 is 41.8 Å². The Morgan fingerprint density at radius 1 is 1.13 bits per heavy atom. The smallest absolute Gasteiger partial charge is 0.253 e. The SMILES string of the molecule is CN=C(NCc1ccc(C(=O)N(C)C)cc1)N1CCN(C(=O)C2CCCO2)CC1.I. The number of halogens is 1. The van der Waals surface area contributed by atoms with Crippen LogP contribution in [0.4, 0.5) is 0 Å². The second-order valence-electron chi connectivity index (χ2n) is 7.61. The van der Waals surface area contributed by atoms with Gasteiger partial charge in [0.05, 0.1) is 0 Å². The highest BCUT2D eigenvalue weighted by atomic mass is 127. The quantitative estimate of drug-likeness (QED) is 0.363. The molecule has 9 heteroatoms. The van der Waals surface area contributed by atoms with Gasteiger partial charge in [-0.25, -0.2) is 0 Å². The number of nitrogens with zero attached hydrogens (tertiary/aromatic N) is 4. The molecule has 1 N–H and O–H groups in total. The van der Waals surface area contributed by atoms with Crippen molar-refractivity contribution in [2.24, 2.45) is 4.99 Å². The second kappa shape index (κ2) is 11.5. The molecule has 0 saturated carbocycles. The number of hydrogen-bond donors (Lipinski definition) is 1. The van der Waals surface area contributed by atoms with Crippen LogP contribution in [-0.2, 0) is 16.1 Å². The molecule has 2 fully saturated rings. The van der Waals surface area contributed by atoms with E-state index in [-0.39, 0.29) is 41.9 Å². The summed E-state index contributed by atoms with van der Waals surface area (Å²) in [6, 6.07) is 7.60. The highest BCUT2D eigenvalue weighted by Crippen LogP contribution is 2.16. The van der Waals surface area contributed by atoms with Crippen molar-refractivity contribution in [3.63, 3.8) is 0 Å². The van der Waals surface area contributed by atoms with Gasteiger partial charge in [-0.2, -0.15) is 0 Å². The number of piperazine rings is 1. The lowest BCUT2D eigenvalue weighted by atomic mass is 10.1. The van der Waals surface area contributed by atoms with E-state index in [0.29, 0.717) is 31.8 Å². The summed E-state index contributed by atoms with van der Waals surface area (Å²) < 4.78 is 5.52. The van der Waals surface area contributed by atoms with E-state index in [2.05, 4.69) is 15.2 Å². The summed E-state index contributed by atoms with van der Waals surface area (Å²) in [6.45, 7) is 4.17. The Labute approximate surface area is 195 Å². The lowest BCUT2D eigenvalue weighted by Crippen LogP contribution is -2.55. The molecule has 0 radical (unpaired) electrons. The summed E-state index contributed by atoms with van der Waals surface area (Å²) in [5.74, 6) is 0.941. The maximum absolute atomic E-state index is 12.5. The first-order valence-electron chi connectivity index (χ1n) is 10.2. The number of benzene rings is 1. The zero-order valence-corrected chi connectivity index (χ0v) is 20.3. The van der Waals surface area contributed by atoms with Gasteiger partial charge in [-0.3, -0.25) is 14.6 Å². The highest BCUT2D eigenvalue weighted by molar-refractivity contribution is 14.0. The average Bonchev–Trinajstić information content (AvgIpc) is 3.29. The van der Waals surface area contributed by atoms with E-state index in [4.69, 9.17) is 4.74 Å². The molecule has 2 amide bonds. The van der Waals surface area contributed by atoms with E-state index in [1.165, 1.54) is 0 Å². The van der Waals surface area contributed by atoms with Crippen molar-refractivity contribution in [2.45, 2.75) is 25.5 Å². The number of ether oxygens (including phenoxy) is 1. The van der Waals surface area contributed by atoms with Crippen LogP contribution in [0.25, 0.3) is 0 Å². The van der Waals surface area contributed by atoms with E-state index in [9.17, 15) is 9.59 Å². The van der Waals surface area contributed by atoms with Gasteiger partial charge < -0.3 is 24.8 Å². The molecule has 0 spiro atoms. The molecule has 2 saturated heterocycles. The Morgan fingerprint density at radius 3 is 2.30 bits per heavy atom. The molecule has 1 atom stereocenters. The number of rotatable bonds is 4. The van der Waals surface area contributed by atoms with Crippen LogP contribution in [-0.4, -0.2) is 92.5 Å². The van der Waals surface area contributed by atoms with Crippen LogP contribution in [0.3, 0.4) is 0 Å². The summed E-state index contributed by atoms with van der Waals surface area (Å²) in [6.07, 6.45) is 1.56. The van der Waals surface area contributed by atoms with Gasteiger partial charge in [0, 0.05) is 66.0 Å². The summed E-state index contributed by atoms with van der Waals surface area (Å²) in [7, 11) is 5.26. The molecular weight excluding hydrogens is 497 g/mol. The molecule has 30 heavy (non-hydrogen) atoms. The largest absolute Gasteiger partial charge is 0.368 e. The number of carbonyl (C=O) groups excluding carboxylic acids is 2. The third-order valence-corrected chi connectivity index (χ3v) is 5.37. The summed E-state index contributed by atoms with van der Waals surface area (Å²) in [4.78, 5) is 34.5. The monoisotopic (exact) mass is 529 g/mol. The predicted molar refractivity (Wildman–Crippen MR) is 127 cm³/mol. The molecule has 1 unspecified atom stereocenters. The molecule has 2 aliphatic rings. The van der Waals surface area contributed by atoms with E-state index in [0.717, 1.165) is 37.5 Å². The molecule has 1 aromatic rings. The number of hydrogen-bond acceptors (Lipinski definition) is 4. The van der Waals surface area contributed by atoms with Gasteiger partial charge in [0.1, 0.15) is 6.10 Å². The summed E-state index contributed by atoms with van der Waals surface area (Å²) in [5, 5.41) is 3.38. The van der Waals surface area contributed by atoms with Crippen molar-refractivity contribution in [2.75, 3.05) is 53.9 Å². The van der Waals surface area contributed by atoms with Gasteiger partial charge in [-0.1, -0.05) is 12.1 Å². The van der Waals surface area contributed by atoms with E-state index >= 15 is 0 Å². The van der Waals surface area contributed by atoms with Crippen LogP contribution in [0.2, 0.25) is 0 Å². The number of nitrogens with one attached hydrogen (secondary N) is 1. The van der Waals surface area contributed by atoms with Crippen molar-refractivity contribution in [1.29, 1.82) is 0 Å². The Morgan fingerprint density at radius 2 is 1.77 bits per heavy atom. The topological polar surface area (TPSA) is 77.5 Å². The van der Waals surface area contributed by atoms with Crippen molar-refractivity contribution < 1.29 is 14.3 Å². The average molecular weight is 529 g/mol. The Balaban J connectivity index is 0.00000320. The molecule has 0 aromatic heterocycles. The molecule has 3 rings (SSSR count). The Kier molecular flexibility index (Phi) is 9.35. The first kappa shape index (κ1) is 24.4. The van der Waals surface area contributed by atoms with Gasteiger partial charge in [-0.15, -0.1) is 24.0 Å². The van der Waals surface area contributed by atoms with Crippen LogP contribution < -0.4 is 5.32 Å². The lowest BCUT2D eigenvalue weighted by molar-refractivity contribution is -0.142. The van der Waals surface area contributed by atoms with Gasteiger partial charge in [-0.05, 0) is 30.5 Å².